The molecule has 1 fully saturated rings. The van der Waals surface area contributed by atoms with Crippen molar-refractivity contribution in [2.24, 2.45) is 0 Å². The van der Waals surface area contributed by atoms with Gasteiger partial charge in [-0.15, -0.1) is 0 Å². The van der Waals surface area contributed by atoms with Crippen molar-refractivity contribution in [3.8, 4) is 11.5 Å². The monoisotopic (exact) mass is 368 g/mol. The summed E-state index contributed by atoms with van der Waals surface area (Å²) >= 11 is 0. The lowest BCUT2D eigenvalue weighted by molar-refractivity contribution is 0.0664. The summed E-state index contributed by atoms with van der Waals surface area (Å²) in [6, 6.07) is 8.32. The van der Waals surface area contributed by atoms with Gasteiger partial charge in [-0.1, -0.05) is 0 Å². The normalized spacial score (nSPS) is 16.3. The molecule has 2 aromatic rings. The fourth-order valence-corrected chi connectivity index (χ4v) is 3.05. The van der Waals surface area contributed by atoms with Crippen molar-refractivity contribution in [1.82, 2.24) is 14.8 Å². The summed E-state index contributed by atoms with van der Waals surface area (Å²) in [5.74, 6) is 0.759. The van der Waals surface area contributed by atoms with Gasteiger partial charge in [-0.25, -0.2) is 0 Å². The van der Waals surface area contributed by atoms with Crippen molar-refractivity contribution in [2.45, 2.75) is 0 Å². The van der Waals surface area contributed by atoms with Crippen LogP contribution in [0.1, 0.15) is 20.8 Å². The summed E-state index contributed by atoms with van der Waals surface area (Å²) in [6.45, 7) is 3.21. The van der Waals surface area contributed by atoms with Crippen molar-refractivity contribution in [1.29, 1.82) is 0 Å². The van der Waals surface area contributed by atoms with E-state index in [0.29, 0.717) is 35.8 Å². The van der Waals surface area contributed by atoms with Crippen LogP contribution in [0.5, 0.6) is 11.5 Å². The highest BCUT2D eigenvalue weighted by molar-refractivity contribution is 6.05. The van der Waals surface area contributed by atoms with E-state index in [1.54, 1.807) is 29.2 Å². The number of ether oxygens (including phenoxy) is 2. The maximum atomic E-state index is 12.7. The number of amides is 2. The lowest BCUT2D eigenvalue weighted by atomic mass is 10.1. The van der Waals surface area contributed by atoms with Crippen LogP contribution in [0, 0.1) is 0 Å². The van der Waals surface area contributed by atoms with E-state index in [4.69, 9.17) is 9.47 Å². The van der Waals surface area contributed by atoms with E-state index in [2.05, 4.69) is 15.2 Å². The van der Waals surface area contributed by atoms with Gasteiger partial charge in [0.25, 0.3) is 11.8 Å². The van der Waals surface area contributed by atoms with Gasteiger partial charge in [-0.05, 0) is 31.3 Å². The third-order valence-electron chi connectivity index (χ3n) is 4.66. The van der Waals surface area contributed by atoms with Crippen molar-refractivity contribution in [3.05, 3.63) is 47.8 Å². The van der Waals surface area contributed by atoms with Crippen LogP contribution in [0.4, 0.5) is 5.69 Å². The van der Waals surface area contributed by atoms with Gasteiger partial charge >= 0.3 is 0 Å². The molecule has 2 aliphatic heterocycles. The zero-order chi connectivity index (χ0) is 18.8. The van der Waals surface area contributed by atoms with E-state index in [9.17, 15) is 9.59 Å². The molecule has 1 N–H and O–H groups in total. The van der Waals surface area contributed by atoms with Crippen molar-refractivity contribution in [2.75, 3.05) is 45.3 Å². The number of piperazine rings is 1. The minimum absolute atomic E-state index is 0.0809. The molecule has 0 radical (unpaired) electrons. The third-order valence-corrected chi connectivity index (χ3v) is 4.66. The summed E-state index contributed by atoms with van der Waals surface area (Å²) in [4.78, 5) is 33.3. The molecule has 0 bridgehead atoms. The maximum absolute atomic E-state index is 12.7. The van der Waals surface area contributed by atoms with Crippen LogP contribution in [-0.2, 0) is 0 Å². The molecule has 1 saturated heterocycles. The molecule has 0 aliphatic carbocycles. The van der Waals surface area contributed by atoms with Gasteiger partial charge in [0, 0.05) is 49.7 Å². The quantitative estimate of drug-likeness (QED) is 0.883. The van der Waals surface area contributed by atoms with E-state index in [1.165, 1.54) is 12.3 Å². The second-order valence-electron chi connectivity index (χ2n) is 6.55. The minimum atomic E-state index is -0.387. The highest BCUT2D eigenvalue weighted by atomic mass is 16.7. The van der Waals surface area contributed by atoms with Crippen LogP contribution in [-0.4, -0.2) is 66.6 Å². The Kier molecular flexibility index (Phi) is 4.64. The largest absolute Gasteiger partial charge is 0.454 e. The average molecular weight is 368 g/mol. The number of aromatic nitrogens is 1. The van der Waals surface area contributed by atoms with E-state index in [0.717, 1.165) is 13.1 Å². The number of pyridine rings is 1. The molecule has 2 aliphatic rings. The van der Waals surface area contributed by atoms with Crippen molar-refractivity contribution >= 4 is 17.5 Å². The molecule has 1 aromatic carbocycles. The number of anilines is 1. The molecule has 3 heterocycles. The summed E-state index contributed by atoms with van der Waals surface area (Å²) < 4.78 is 10.6. The standard InChI is InChI=1S/C19H20N4O4/c1-22-6-8-23(9-7-22)19(25)13-4-5-20-15(10-13)18(24)21-14-2-3-16-17(11-14)27-12-26-16/h2-5,10-11H,6-9,12H2,1H3,(H,21,24). The number of hydrogen-bond donors (Lipinski definition) is 1. The number of carbonyl (C=O) groups excluding carboxylic acids is 2. The molecule has 27 heavy (non-hydrogen) atoms. The topological polar surface area (TPSA) is 84.0 Å². The van der Waals surface area contributed by atoms with Crippen LogP contribution in [0.25, 0.3) is 0 Å². The predicted octanol–water partition coefficient (Wildman–Crippen LogP) is 1.45. The highest BCUT2D eigenvalue weighted by Gasteiger charge is 2.22. The fraction of sp³-hybridized carbons (Fsp3) is 0.316. The van der Waals surface area contributed by atoms with Crippen LogP contribution in [0.15, 0.2) is 36.5 Å². The van der Waals surface area contributed by atoms with Gasteiger partial charge in [0.05, 0.1) is 0 Å². The molecule has 8 nitrogen and oxygen atoms in total. The second-order valence-corrected chi connectivity index (χ2v) is 6.55. The molecule has 4 rings (SSSR count). The van der Waals surface area contributed by atoms with E-state index < -0.39 is 0 Å². The SMILES string of the molecule is CN1CCN(C(=O)c2ccnc(C(=O)Nc3ccc4c(c3)OCO4)c2)CC1. The van der Waals surface area contributed by atoms with E-state index in [-0.39, 0.29) is 24.3 Å². The van der Waals surface area contributed by atoms with Crippen molar-refractivity contribution < 1.29 is 19.1 Å². The smallest absolute Gasteiger partial charge is 0.274 e. The van der Waals surface area contributed by atoms with E-state index >= 15 is 0 Å². The molecule has 0 saturated carbocycles. The van der Waals surface area contributed by atoms with Crippen LogP contribution >= 0.6 is 0 Å². The lowest BCUT2D eigenvalue weighted by Gasteiger charge is -2.32. The Labute approximate surface area is 156 Å². The summed E-state index contributed by atoms with van der Waals surface area (Å²) in [7, 11) is 2.03. The average Bonchev–Trinajstić information content (AvgIpc) is 3.16. The zero-order valence-corrected chi connectivity index (χ0v) is 15.0. The molecule has 0 unspecified atom stereocenters. The molecule has 140 valence electrons. The van der Waals surface area contributed by atoms with Gasteiger partial charge in [-0.3, -0.25) is 14.6 Å². The Hall–Kier alpha value is -3.13. The summed E-state index contributed by atoms with van der Waals surface area (Å²) in [5, 5.41) is 2.77. The first kappa shape index (κ1) is 17.3. The number of carbonyl (C=O) groups is 2. The number of rotatable bonds is 3. The third kappa shape index (κ3) is 3.70. The molecular weight excluding hydrogens is 348 g/mol. The number of nitrogens with one attached hydrogen (secondary N) is 1. The number of nitrogens with zero attached hydrogens (tertiary/aromatic N) is 3. The molecule has 8 heteroatoms. The van der Waals surface area contributed by atoms with Crippen LogP contribution < -0.4 is 14.8 Å². The first-order valence-electron chi connectivity index (χ1n) is 8.75. The Bertz CT molecular complexity index is 878. The minimum Gasteiger partial charge on any atom is -0.454 e. The fourth-order valence-electron chi connectivity index (χ4n) is 3.05. The Morgan fingerprint density at radius 2 is 1.81 bits per heavy atom. The lowest BCUT2D eigenvalue weighted by Crippen LogP contribution is -2.47. The number of fused-ring (bicyclic) bond motifs is 1. The Balaban J connectivity index is 1.47. The predicted molar refractivity (Wildman–Crippen MR) is 98.2 cm³/mol. The molecule has 0 atom stereocenters. The summed E-state index contributed by atoms with van der Waals surface area (Å²) in [5.41, 5.74) is 1.22. The number of likely N-dealkylation sites (N-methyl/N-ethyl adjacent to an activating group) is 1. The molecule has 0 spiro atoms. The van der Waals surface area contributed by atoms with Crippen LogP contribution in [0.3, 0.4) is 0 Å². The van der Waals surface area contributed by atoms with Crippen LogP contribution in [0.2, 0.25) is 0 Å². The molecule has 2 amide bonds. The molecular formula is C19H20N4O4. The first-order chi connectivity index (χ1) is 13.1. The summed E-state index contributed by atoms with van der Waals surface area (Å²) in [6.07, 6.45) is 1.48. The number of hydrogen-bond acceptors (Lipinski definition) is 6. The van der Waals surface area contributed by atoms with Crippen molar-refractivity contribution in [3.63, 3.8) is 0 Å². The van der Waals surface area contributed by atoms with Gasteiger partial charge < -0.3 is 24.6 Å². The van der Waals surface area contributed by atoms with Gasteiger partial charge in [-0.2, -0.15) is 0 Å². The highest BCUT2D eigenvalue weighted by Crippen LogP contribution is 2.34. The molecule has 1 aromatic heterocycles. The van der Waals surface area contributed by atoms with Gasteiger partial charge in [0.1, 0.15) is 5.69 Å². The first-order valence-corrected chi connectivity index (χ1v) is 8.75. The zero-order valence-electron chi connectivity index (χ0n) is 15.0. The maximum Gasteiger partial charge on any atom is 0.274 e. The Morgan fingerprint density at radius 1 is 1.04 bits per heavy atom. The number of benzene rings is 1. The van der Waals surface area contributed by atoms with Gasteiger partial charge in [0.15, 0.2) is 11.5 Å². The van der Waals surface area contributed by atoms with E-state index in [1.807, 2.05) is 7.05 Å². The Morgan fingerprint density at radius 3 is 2.63 bits per heavy atom. The second kappa shape index (κ2) is 7.24. The van der Waals surface area contributed by atoms with Gasteiger partial charge in [0.2, 0.25) is 6.79 Å².